The first-order valence-electron chi connectivity index (χ1n) is 5.60. The monoisotopic (exact) mass is 184 g/mol. The van der Waals surface area contributed by atoms with E-state index in [2.05, 4.69) is 13.8 Å². The average molecular weight is 184 g/mol. The van der Waals surface area contributed by atoms with Crippen LogP contribution in [0.15, 0.2) is 0 Å². The zero-order valence-electron chi connectivity index (χ0n) is 9.56. The molecule has 0 heterocycles. The molecule has 0 aromatic carbocycles. The summed E-state index contributed by atoms with van der Waals surface area (Å²) >= 11 is 0. The molecule has 0 aromatic rings. The Balaban J connectivity index is 2.48. The van der Waals surface area contributed by atoms with Crippen LogP contribution in [0.3, 0.4) is 0 Å². The maximum absolute atomic E-state index is 9.89. The van der Waals surface area contributed by atoms with Crippen molar-refractivity contribution in [3.05, 3.63) is 0 Å². The summed E-state index contributed by atoms with van der Waals surface area (Å²) in [5, 5.41) is 9.89. The van der Waals surface area contributed by atoms with Gasteiger partial charge in [-0.1, -0.05) is 20.3 Å². The number of aliphatic hydroxyl groups is 1. The van der Waals surface area contributed by atoms with Gasteiger partial charge in [-0.05, 0) is 50.9 Å². The van der Waals surface area contributed by atoms with Crippen LogP contribution in [0.25, 0.3) is 0 Å². The van der Waals surface area contributed by atoms with Gasteiger partial charge in [-0.3, -0.25) is 0 Å². The van der Waals surface area contributed by atoms with E-state index < -0.39 is 5.60 Å². The number of hydrogen-bond acceptors (Lipinski definition) is 1. The van der Waals surface area contributed by atoms with Crippen molar-refractivity contribution in [3.8, 4) is 0 Å². The molecule has 0 spiro atoms. The number of hydrogen-bond donors (Lipinski definition) is 1. The lowest BCUT2D eigenvalue weighted by Crippen LogP contribution is -2.36. The van der Waals surface area contributed by atoms with Gasteiger partial charge >= 0.3 is 0 Å². The Morgan fingerprint density at radius 3 is 2.08 bits per heavy atom. The van der Waals surface area contributed by atoms with Gasteiger partial charge in [-0.25, -0.2) is 0 Å². The minimum Gasteiger partial charge on any atom is -0.390 e. The molecule has 1 rings (SSSR count). The maximum Gasteiger partial charge on any atom is 0.0619 e. The summed E-state index contributed by atoms with van der Waals surface area (Å²) in [6.07, 6.45) is 6.27. The fraction of sp³-hybridized carbons (Fsp3) is 1.00. The molecule has 0 aliphatic heterocycles. The van der Waals surface area contributed by atoms with E-state index >= 15 is 0 Å². The molecule has 1 heteroatoms. The second-order valence-corrected chi connectivity index (χ2v) is 5.59. The topological polar surface area (TPSA) is 20.2 Å². The second kappa shape index (κ2) is 3.61. The van der Waals surface area contributed by atoms with E-state index in [-0.39, 0.29) is 0 Å². The highest BCUT2D eigenvalue weighted by Crippen LogP contribution is 2.43. The number of rotatable bonds is 2. The second-order valence-electron chi connectivity index (χ2n) is 5.59. The van der Waals surface area contributed by atoms with Gasteiger partial charge in [0.25, 0.3) is 0 Å². The first kappa shape index (κ1) is 11.0. The Morgan fingerprint density at radius 1 is 1.31 bits per heavy atom. The highest BCUT2D eigenvalue weighted by Gasteiger charge is 2.35. The van der Waals surface area contributed by atoms with Gasteiger partial charge in [0.1, 0.15) is 0 Å². The summed E-state index contributed by atoms with van der Waals surface area (Å²) in [5.41, 5.74) is 0.0941. The van der Waals surface area contributed by atoms with Crippen LogP contribution < -0.4 is 0 Å². The molecular formula is C12H24O. The van der Waals surface area contributed by atoms with Crippen molar-refractivity contribution in [3.63, 3.8) is 0 Å². The third-order valence-corrected chi connectivity index (χ3v) is 4.05. The fourth-order valence-corrected chi connectivity index (χ4v) is 2.37. The first-order chi connectivity index (χ1) is 5.87. The minimum absolute atomic E-state index is 0.463. The van der Waals surface area contributed by atoms with Crippen molar-refractivity contribution in [1.82, 2.24) is 0 Å². The van der Waals surface area contributed by atoms with Gasteiger partial charge in [0.2, 0.25) is 0 Å². The quantitative estimate of drug-likeness (QED) is 0.697. The molecule has 0 aromatic heterocycles. The summed E-state index contributed by atoms with van der Waals surface area (Å²) < 4.78 is 0. The van der Waals surface area contributed by atoms with Gasteiger partial charge in [-0.2, -0.15) is 0 Å². The van der Waals surface area contributed by atoms with Crippen molar-refractivity contribution in [1.29, 1.82) is 0 Å². The molecule has 1 aliphatic carbocycles. The molecule has 13 heavy (non-hydrogen) atoms. The van der Waals surface area contributed by atoms with E-state index in [1.165, 1.54) is 32.1 Å². The van der Waals surface area contributed by atoms with E-state index in [0.29, 0.717) is 11.3 Å². The van der Waals surface area contributed by atoms with Crippen LogP contribution in [0, 0.1) is 11.3 Å². The normalized spacial score (nSPS) is 36.2. The molecule has 78 valence electrons. The lowest BCUT2D eigenvalue weighted by Gasteiger charge is -2.41. The predicted octanol–water partition coefficient (Wildman–Crippen LogP) is 3.36. The largest absolute Gasteiger partial charge is 0.390 e. The molecule has 1 aliphatic rings. The molecule has 1 nitrogen and oxygen atoms in total. The lowest BCUT2D eigenvalue weighted by molar-refractivity contribution is -0.0179. The molecule has 0 amide bonds. The highest BCUT2D eigenvalue weighted by molar-refractivity contribution is 4.87. The van der Waals surface area contributed by atoms with Gasteiger partial charge in [0.15, 0.2) is 0 Å². The zero-order chi connectivity index (χ0) is 10.1. The van der Waals surface area contributed by atoms with Crippen LogP contribution in [0.1, 0.15) is 59.8 Å². The Labute approximate surface area is 82.5 Å². The first-order valence-corrected chi connectivity index (χ1v) is 5.60. The molecule has 1 fully saturated rings. The Morgan fingerprint density at radius 2 is 1.77 bits per heavy atom. The summed E-state index contributed by atoms with van der Waals surface area (Å²) in [7, 11) is 0. The SMILES string of the molecule is CCC1(C)CCC(C(C)(C)O)CC1. The van der Waals surface area contributed by atoms with Crippen molar-refractivity contribution in [2.24, 2.45) is 11.3 Å². The van der Waals surface area contributed by atoms with Crippen LogP contribution in [-0.4, -0.2) is 10.7 Å². The smallest absolute Gasteiger partial charge is 0.0619 e. The van der Waals surface area contributed by atoms with Gasteiger partial charge in [0, 0.05) is 0 Å². The summed E-state index contributed by atoms with van der Waals surface area (Å²) in [6.45, 7) is 8.57. The van der Waals surface area contributed by atoms with Gasteiger partial charge in [-0.15, -0.1) is 0 Å². The van der Waals surface area contributed by atoms with E-state index in [1.54, 1.807) is 0 Å². The predicted molar refractivity (Wildman–Crippen MR) is 56.7 cm³/mol. The molecule has 0 saturated heterocycles. The van der Waals surface area contributed by atoms with Crippen LogP contribution in [0.2, 0.25) is 0 Å². The lowest BCUT2D eigenvalue weighted by atomic mass is 9.67. The Hall–Kier alpha value is -0.0400. The third kappa shape index (κ3) is 2.70. The van der Waals surface area contributed by atoms with Crippen molar-refractivity contribution in [2.75, 3.05) is 0 Å². The molecule has 0 bridgehead atoms. The molecule has 0 atom stereocenters. The maximum atomic E-state index is 9.89. The fourth-order valence-electron chi connectivity index (χ4n) is 2.37. The standard InChI is InChI=1S/C12H24O/c1-5-12(4)8-6-10(7-9-12)11(2,3)13/h10,13H,5-9H2,1-4H3. The minimum atomic E-state index is -0.463. The molecule has 0 radical (unpaired) electrons. The van der Waals surface area contributed by atoms with Crippen molar-refractivity contribution in [2.45, 2.75) is 65.4 Å². The van der Waals surface area contributed by atoms with Crippen molar-refractivity contribution < 1.29 is 5.11 Å². The van der Waals surface area contributed by atoms with Crippen LogP contribution in [0.5, 0.6) is 0 Å². The molecule has 0 unspecified atom stereocenters. The molecule has 1 N–H and O–H groups in total. The summed E-state index contributed by atoms with van der Waals surface area (Å²) in [5.74, 6) is 0.520. The zero-order valence-corrected chi connectivity index (χ0v) is 9.56. The Bertz CT molecular complexity index is 158. The van der Waals surface area contributed by atoms with E-state index in [1.807, 2.05) is 13.8 Å². The van der Waals surface area contributed by atoms with Gasteiger partial charge < -0.3 is 5.11 Å². The average Bonchev–Trinajstić information content (AvgIpc) is 2.04. The van der Waals surface area contributed by atoms with Crippen LogP contribution in [0.4, 0.5) is 0 Å². The summed E-state index contributed by atoms with van der Waals surface area (Å²) in [4.78, 5) is 0. The van der Waals surface area contributed by atoms with Crippen molar-refractivity contribution >= 4 is 0 Å². The van der Waals surface area contributed by atoms with E-state index in [0.717, 1.165) is 0 Å². The highest BCUT2D eigenvalue weighted by atomic mass is 16.3. The molecular weight excluding hydrogens is 160 g/mol. The third-order valence-electron chi connectivity index (χ3n) is 4.05. The summed E-state index contributed by atoms with van der Waals surface area (Å²) in [6, 6.07) is 0. The van der Waals surface area contributed by atoms with Crippen LogP contribution >= 0.6 is 0 Å². The van der Waals surface area contributed by atoms with E-state index in [4.69, 9.17) is 0 Å². The van der Waals surface area contributed by atoms with Gasteiger partial charge in [0.05, 0.1) is 5.60 Å². The van der Waals surface area contributed by atoms with Crippen LogP contribution in [-0.2, 0) is 0 Å². The molecule has 1 saturated carbocycles. The van der Waals surface area contributed by atoms with E-state index in [9.17, 15) is 5.11 Å². The Kier molecular flexibility index (Phi) is 3.06.